The van der Waals surface area contributed by atoms with Crippen molar-refractivity contribution in [1.82, 2.24) is 4.90 Å². The number of benzene rings is 1. The minimum atomic E-state index is -0.825. The number of likely N-dealkylation sites (tertiary alicyclic amines) is 1. The number of carbonyl (C=O) groups excluding carboxylic acids is 1. The molecule has 0 spiro atoms. The van der Waals surface area contributed by atoms with Crippen LogP contribution in [-0.4, -0.2) is 35.0 Å². The first-order valence-electron chi connectivity index (χ1n) is 7.16. The van der Waals surface area contributed by atoms with Crippen molar-refractivity contribution in [2.24, 2.45) is 5.41 Å². The summed E-state index contributed by atoms with van der Waals surface area (Å²) in [5, 5.41) is 9.94. The standard InChI is InChI=1S/C16H18ClNO3/c1-15(14(20)21)8-9-18(10-15)13(19)16(6-7-16)11-2-4-12(17)5-3-11/h2-5H,6-10H2,1H3,(H,20,21)/t15-/m1/s1. The molecule has 0 aromatic heterocycles. The van der Waals surface area contributed by atoms with Gasteiger partial charge in [0.05, 0.1) is 10.8 Å². The van der Waals surface area contributed by atoms with Crippen molar-refractivity contribution < 1.29 is 14.7 Å². The number of rotatable bonds is 3. The van der Waals surface area contributed by atoms with E-state index in [2.05, 4.69) is 0 Å². The molecule has 1 amide bonds. The number of carboxylic acid groups (broad SMARTS) is 1. The Labute approximate surface area is 128 Å². The largest absolute Gasteiger partial charge is 0.481 e. The highest BCUT2D eigenvalue weighted by atomic mass is 35.5. The normalized spacial score (nSPS) is 26.7. The van der Waals surface area contributed by atoms with Crippen LogP contribution >= 0.6 is 11.6 Å². The van der Waals surface area contributed by atoms with Crippen LogP contribution in [0.1, 0.15) is 31.7 Å². The lowest BCUT2D eigenvalue weighted by Crippen LogP contribution is -2.40. The lowest BCUT2D eigenvalue weighted by atomic mass is 9.90. The number of carboxylic acids is 1. The van der Waals surface area contributed by atoms with Gasteiger partial charge in [-0.25, -0.2) is 0 Å². The Bertz CT molecular complexity index is 594. The molecule has 21 heavy (non-hydrogen) atoms. The fourth-order valence-electron chi connectivity index (χ4n) is 3.13. The van der Waals surface area contributed by atoms with Gasteiger partial charge in [0.2, 0.25) is 5.91 Å². The third kappa shape index (κ3) is 2.31. The van der Waals surface area contributed by atoms with Crippen LogP contribution < -0.4 is 0 Å². The van der Waals surface area contributed by atoms with Crippen LogP contribution in [0, 0.1) is 5.41 Å². The Kier molecular flexibility index (Phi) is 3.24. The van der Waals surface area contributed by atoms with E-state index >= 15 is 0 Å². The minimum Gasteiger partial charge on any atom is -0.481 e. The van der Waals surface area contributed by atoms with Gasteiger partial charge in [-0.15, -0.1) is 0 Å². The molecule has 0 unspecified atom stereocenters. The summed E-state index contributed by atoms with van der Waals surface area (Å²) < 4.78 is 0. The summed E-state index contributed by atoms with van der Waals surface area (Å²) >= 11 is 5.90. The van der Waals surface area contributed by atoms with Crippen LogP contribution in [0.2, 0.25) is 5.02 Å². The van der Waals surface area contributed by atoms with E-state index in [-0.39, 0.29) is 5.91 Å². The van der Waals surface area contributed by atoms with Crippen molar-refractivity contribution >= 4 is 23.5 Å². The molecule has 112 valence electrons. The molecular formula is C16H18ClNO3. The van der Waals surface area contributed by atoms with Crippen molar-refractivity contribution in [3.05, 3.63) is 34.9 Å². The molecule has 1 aliphatic carbocycles. The van der Waals surface area contributed by atoms with Crippen molar-refractivity contribution in [1.29, 1.82) is 0 Å². The number of nitrogens with zero attached hydrogens (tertiary/aromatic N) is 1. The molecule has 1 aromatic carbocycles. The van der Waals surface area contributed by atoms with Crippen molar-refractivity contribution in [2.45, 2.75) is 31.6 Å². The lowest BCUT2D eigenvalue weighted by Gasteiger charge is -2.25. The summed E-state index contributed by atoms with van der Waals surface area (Å²) in [6.07, 6.45) is 2.17. The van der Waals surface area contributed by atoms with Gasteiger partial charge in [0.15, 0.2) is 0 Å². The number of amides is 1. The van der Waals surface area contributed by atoms with Gasteiger partial charge < -0.3 is 10.0 Å². The predicted molar refractivity (Wildman–Crippen MR) is 79.3 cm³/mol. The predicted octanol–water partition coefficient (Wildman–Crippen LogP) is 2.69. The number of aliphatic carboxylic acids is 1. The quantitative estimate of drug-likeness (QED) is 0.934. The molecule has 1 atom stereocenters. The van der Waals surface area contributed by atoms with Crippen molar-refractivity contribution in [3.63, 3.8) is 0 Å². The van der Waals surface area contributed by atoms with Gasteiger partial charge in [0, 0.05) is 18.1 Å². The van der Waals surface area contributed by atoms with E-state index in [0.717, 1.165) is 18.4 Å². The molecule has 1 saturated heterocycles. The van der Waals surface area contributed by atoms with Crippen LogP contribution in [0.15, 0.2) is 24.3 Å². The highest BCUT2D eigenvalue weighted by molar-refractivity contribution is 6.30. The zero-order valence-corrected chi connectivity index (χ0v) is 12.7. The van der Waals surface area contributed by atoms with Gasteiger partial charge in [-0.2, -0.15) is 0 Å². The molecule has 1 N–H and O–H groups in total. The highest BCUT2D eigenvalue weighted by Gasteiger charge is 2.55. The molecule has 2 aliphatic rings. The monoisotopic (exact) mass is 307 g/mol. The minimum absolute atomic E-state index is 0.0646. The summed E-state index contributed by atoms with van der Waals surface area (Å²) in [6.45, 7) is 2.54. The van der Waals surface area contributed by atoms with Gasteiger partial charge >= 0.3 is 5.97 Å². The van der Waals surface area contributed by atoms with Crippen LogP contribution in [0.25, 0.3) is 0 Å². The smallest absolute Gasteiger partial charge is 0.311 e. The lowest BCUT2D eigenvalue weighted by molar-refractivity contribution is -0.147. The third-order valence-electron chi connectivity index (χ3n) is 4.83. The first-order valence-corrected chi connectivity index (χ1v) is 7.54. The Morgan fingerprint density at radius 3 is 2.29 bits per heavy atom. The van der Waals surface area contributed by atoms with Gasteiger partial charge in [-0.3, -0.25) is 9.59 Å². The summed E-state index contributed by atoms with van der Waals surface area (Å²) in [4.78, 5) is 25.9. The number of hydrogen-bond acceptors (Lipinski definition) is 2. The second-order valence-electron chi connectivity index (χ2n) is 6.43. The number of hydrogen-bond donors (Lipinski definition) is 1. The van der Waals surface area contributed by atoms with Crippen LogP contribution in [0.5, 0.6) is 0 Å². The van der Waals surface area contributed by atoms with E-state index in [1.807, 2.05) is 12.1 Å². The topological polar surface area (TPSA) is 57.6 Å². The first kappa shape index (κ1) is 14.4. The maximum absolute atomic E-state index is 12.8. The molecule has 3 rings (SSSR count). The molecule has 1 saturated carbocycles. The van der Waals surface area contributed by atoms with Gasteiger partial charge in [0.25, 0.3) is 0 Å². The molecule has 1 heterocycles. The molecule has 0 bridgehead atoms. The summed E-state index contributed by atoms with van der Waals surface area (Å²) in [6, 6.07) is 7.41. The van der Waals surface area contributed by atoms with Crippen LogP contribution in [0.3, 0.4) is 0 Å². The number of carbonyl (C=O) groups is 2. The Morgan fingerprint density at radius 1 is 1.19 bits per heavy atom. The molecular weight excluding hydrogens is 290 g/mol. The van der Waals surface area contributed by atoms with Crippen LogP contribution in [-0.2, 0) is 15.0 Å². The van der Waals surface area contributed by atoms with E-state index < -0.39 is 16.8 Å². The average molecular weight is 308 g/mol. The summed E-state index contributed by atoms with van der Waals surface area (Å²) in [5.41, 5.74) is -0.277. The summed E-state index contributed by atoms with van der Waals surface area (Å²) in [5.74, 6) is -0.760. The van der Waals surface area contributed by atoms with E-state index in [4.69, 9.17) is 11.6 Å². The Balaban J connectivity index is 1.80. The average Bonchev–Trinajstić information content (AvgIpc) is 3.16. The van der Waals surface area contributed by atoms with Crippen molar-refractivity contribution in [2.75, 3.05) is 13.1 Å². The zero-order valence-electron chi connectivity index (χ0n) is 11.9. The highest BCUT2D eigenvalue weighted by Crippen LogP contribution is 2.50. The fourth-order valence-corrected chi connectivity index (χ4v) is 3.26. The van der Waals surface area contributed by atoms with E-state index in [1.54, 1.807) is 24.0 Å². The van der Waals surface area contributed by atoms with Crippen LogP contribution in [0.4, 0.5) is 0 Å². The van der Waals surface area contributed by atoms with Gasteiger partial charge in [-0.05, 0) is 43.9 Å². The van der Waals surface area contributed by atoms with E-state index in [9.17, 15) is 14.7 Å². The maximum Gasteiger partial charge on any atom is 0.311 e. The molecule has 1 aliphatic heterocycles. The Hall–Kier alpha value is -1.55. The zero-order chi connectivity index (χ0) is 15.3. The van der Waals surface area contributed by atoms with Crippen molar-refractivity contribution in [3.8, 4) is 0 Å². The first-order chi connectivity index (χ1) is 9.87. The fraction of sp³-hybridized carbons (Fsp3) is 0.500. The molecule has 5 heteroatoms. The van der Waals surface area contributed by atoms with E-state index in [0.29, 0.717) is 24.5 Å². The SMILES string of the molecule is C[C@@]1(C(=O)O)CCN(C(=O)C2(c3ccc(Cl)cc3)CC2)C1. The Morgan fingerprint density at radius 2 is 1.81 bits per heavy atom. The maximum atomic E-state index is 12.8. The van der Waals surface area contributed by atoms with E-state index in [1.165, 1.54) is 0 Å². The summed E-state index contributed by atoms with van der Waals surface area (Å²) in [7, 11) is 0. The molecule has 0 radical (unpaired) electrons. The van der Waals surface area contributed by atoms with Gasteiger partial charge in [-0.1, -0.05) is 23.7 Å². The second kappa shape index (κ2) is 4.73. The molecule has 2 fully saturated rings. The van der Waals surface area contributed by atoms with Gasteiger partial charge in [0.1, 0.15) is 0 Å². The molecule has 4 nitrogen and oxygen atoms in total. The number of halogens is 1. The molecule has 1 aromatic rings. The second-order valence-corrected chi connectivity index (χ2v) is 6.87. The third-order valence-corrected chi connectivity index (χ3v) is 5.09.